The molecule has 1 amide bonds. The van der Waals surface area contributed by atoms with Gasteiger partial charge in [0.15, 0.2) is 0 Å². The van der Waals surface area contributed by atoms with Gasteiger partial charge in [0.05, 0.1) is 11.1 Å². The maximum Gasteiger partial charge on any atom is 0.573 e. The Kier molecular flexibility index (Phi) is 10.0. The lowest BCUT2D eigenvalue weighted by Gasteiger charge is -2.34. The maximum atomic E-state index is 13.6. The van der Waals surface area contributed by atoms with Gasteiger partial charge in [-0.3, -0.25) is 14.6 Å². The van der Waals surface area contributed by atoms with Crippen molar-refractivity contribution < 1.29 is 35.9 Å². The summed E-state index contributed by atoms with van der Waals surface area (Å²) in [4.78, 5) is 17.4. The van der Waals surface area contributed by atoms with Gasteiger partial charge in [0.25, 0.3) is 0 Å². The molecule has 0 spiro atoms. The third-order valence-corrected chi connectivity index (χ3v) is 10.7. The zero-order chi connectivity index (χ0) is 36.7. The van der Waals surface area contributed by atoms with Crippen LogP contribution in [0.4, 0.5) is 26.3 Å². The molecule has 52 heavy (non-hydrogen) atoms. The molecule has 14 heteroatoms. The average molecular weight is 729 g/mol. The molecule has 278 valence electrons. The second-order valence-electron chi connectivity index (χ2n) is 14.2. The molecule has 4 N–H and O–H groups in total. The smallest absolute Gasteiger partial charge is 0.406 e. The zero-order valence-electron chi connectivity index (χ0n) is 28.6. The van der Waals surface area contributed by atoms with Crippen molar-refractivity contribution in [3.8, 4) is 16.9 Å². The Morgan fingerprint density at radius 1 is 0.923 bits per heavy atom. The number of nitrogens with two attached hydrogens (primary N) is 1. The Labute approximate surface area is 297 Å². The van der Waals surface area contributed by atoms with E-state index in [1.165, 1.54) is 18.2 Å². The highest BCUT2D eigenvalue weighted by Crippen LogP contribution is 2.38. The third-order valence-electron chi connectivity index (χ3n) is 10.7. The number of carbonyl (C=O) groups excluding carboxylic acids is 1. The molecule has 0 saturated carbocycles. The number of benzene rings is 3. The van der Waals surface area contributed by atoms with Crippen LogP contribution in [0.5, 0.6) is 5.75 Å². The summed E-state index contributed by atoms with van der Waals surface area (Å²) in [5, 5.41) is 7.15. The molecule has 0 aliphatic carbocycles. The highest BCUT2D eigenvalue weighted by molar-refractivity contribution is 5.96. The number of halogens is 6. The number of hydrogen-bond donors (Lipinski definition) is 3. The summed E-state index contributed by atoms with van der Waals surface area (Å²) in [6.45, 7) is 4.79. The van der Waals surface area contributed by atoms with Crippen molar-refractivity contribution in [2.24, 2.45) is 5.73 Å². The average Bonchev–Trinajstić information content (AvgIpc) is 3.79. The van der Waals surface area contributed by atoms with Crippen molar-refractivity contribution in [1.82, 2.24) is 25.0 Å². The SMILES string of the molecule is NC1(C(=O)NCCCn2cc(-c3ccc(OC(F)(F)F)cc3)c3cc(CN4CC5CC4CN5Cc4ccccc4C(F)(F)F)ccc32)CCNCC1. The Morgan fingerprint density at radius 3 is 2.29 bits per heavy atom. The fourth-order valence-electron chi connectivity index (χ4n) is 8.03. The molecule has 3 fully saturated rings. The molecule has 0 radical (unpaired) electrons. The first-order valence-electron chi connectivity index (χ1n) is 17.6. The van der Waals surface area contributed by atoms with E-state index in [-0.39, 0.29) is 30.3 Å². The van der Waals surface area contributed by atoms with Crippen molar-refractivity contribution in [2.45, 2.75) is 75.5 Å². The number of aryl methyl sites for hydroxylation is 1. The van der Waals surface area contributed by atoms with Crippen LogP contribution in [0.25, 0.3) is 22.0 Å². The number of alkyl halides is 6. The molecule has 4 heterocycles. The molecule has 2 atom stereocenters. The van der Waals surface area contributed by atoms with Crippen LogP contribution in [0, 0.1) is 0 Å². The van der Waals surface area contributed by atoms with E-state index in [1.807, 2.05) is 12.3 Å². The van der Waals surface area contributed by atoms with Gasteiger partial charge in [-0.15, -0.1) is 13.2 Å². The van der Waals surface area contributed by atoms with Gasteiger partial charge in [0, 0.05) is 74.0 Å². The summed E-state index contributed by atoms with van der Waals surface area (Å²) in [6, 6.07) is 18.2. The quantitative estimate of drug-likeness (QED) is 0.125. The first-order valence-corrected chi connectivity index (χ1v) is 17.6. The Bertz CT molecular complexity index is 1890. The van der Waals surface area contributed by atoms with Gasteiger partial charge >= 0.3 is 12.5 Å². The molecule has 4 aromatic rings. The fraction of sp³-hybridized carbons (Fsp3) is 0.447. The van der Waals surface area contributed by atoms with Gasteiger partial charge < -0.3 is 25.7 Å². The topological polar surface area (TPSA) is 87.8 Å². The predicted octanol–water partition coefficient (Wildman–Crippen LogP) is 6.27. The number of rotatable bonds is 11. The number of fused-ring (bicyclic) bond motifs is 3. The third kappa shape index (κ3) is 7.94. The zero-order valence-corrected chi connectivity index (χ0v) is 28.6. The van der Waals surface area contributed by atoms with E-state index in [9.17, 15) is 31.1 Å². The molecule has 1 aromatic heterocycles. The lowest BCUT2D eigenvalue weighted by molar-refractivity contribution is -0.274. The van der Waals surface area contributed by atoms with E-state index in [2.05, 4.69) is 41.9 Å². The van der Waals surface area contributed by atoms with Crippen LogP contribution in [0.3, 0.4) is 0 Å². The molecule has 2 unspecified atom stereocenters. The van der Waals surface area contributed by atoms with Crippen molar-refractivity contribution in [2.75, 3.05) is 32.7 Å². The van der Waals surface area contributed by atoms with Crippen LogP contribution >= 0.6 is 0 Å². The minimum Gasteiger partial charge on any atom is -0.406 e. The minimum atomic E-state index is -4.79. The van der Waals surface area contributed by atoms with E-state index in [0.29, 0.717) is 64.1 Å². The standard InChI is InChI=1S/C38H42F6N6O2/c39-37(40,41)33-5-2-1-4-27(33)21-50-23-28-19-29(50)22-49(28)20-25-6-11-34-31(18-25)32(26-7-9-30(10-8-26)52-38(42,43)44)24-48(34)17-3-14-47-35(51)36(45)12-15-46-16-13-36/h1-2,4-11,18,24,28-29,46H,3,12-17,19-23,45H2,(H,47,51). The van der Waals surface area contributed by atoms with Crippen LogP contribution in [0.1, 0.15) is 42.4 Å². The first kappa shape index (κ1) is 36.3. The number of piperidine rings is 1. The summed E-state index contributed by atoms with van der Waals surface area (Å²) in [5.41, 5.74) is 8.80. The molecular formula is C38H42F6N6O2. The van der Waals surface area contributed by atoms with Crippen LogP contribution in [0.15, 0.2) is 72.9 Å². The van der Waals surface area contributed by atoms with Crippen molar-refractivity contribution in [3.05, 3.63) is 89.6 Å². The summed E-state index contributed by atoms with van der Waals surface area (Å²) >= 11 is 0. The van der Waals surface area contributed by atoms with E-state index < -0.39 is 23.6 Å². The van der Waals surface area contributed by atoms with Gasteiger partial charge in [-0.05, 0) is 85.8 Å². The number of nitrogens with zero attached hydrogens (tertiary/aromatic N) is 3. The minimum absolute atomic E-state index is 0.150. The molecule has 3 aliphatic heterocycles. The van der Waals surface area contributed by atoms with E-state index in [4.69, 9.17) is 5.73 Å². The molecule has 3 saturated heterocycles. The van der Waals surface area contributed by atoms with E-state index >= 15 is 0 Å². The first-order chi connectivity index (χ1) is 24.8. The normalized spacial score (nSPS) is 20.8. The van der Waals surface area contributed by atoms with Crippen molar-refractivity contribution in [3.63, 3.8) is 0 Å². The van der Waals surface area contributed by atoms with Crippen LogP contribution < -0.4 is 21.1 Å². The Morgan fingerprint density at radius 2 is 1.62 bits per heavy atom. The maximum absolute atomic E-state index is 13.6. The molecule has 2 bridgehead atoms. The number of likely N-dealkylation sites (tertiary alicyclic amines) is 2. The summed E-state index contributed by atoms with van der Waals surface area (Å²) < 4.78 is 85.6. The fourth-order valence-corrected chi connectivity index (χ4v) is 8.03. The highest BCUT2D eigenvalue weighted by Gasteiger charge is 2.44. The summed E-state index contributed by atoms with van der Waals surface area (Å²) in [6.07, 6.45) is -4.51. The Balaban J connectivity index is 1.06. The van der Waals surface area contributed by atoms with Gasteiger partial charge in [0.2, 0.25) is 5.91 Å². The van der Waals surface area contributed by atoms with Gasteiger partial charge in [-0.25, -0.2) is 0 Å². The van der Waals surface area contributed by atoms with E-state index in [0.717, 1.165) is 46.6 Å². The number of amides is 1. The Hall–Kier alpha value is -4.11. The highest BCUT2D eigenvalue weighted by atomic mass is 19.4. The lowest BCUT2D eigenvalue weighted by atomic mass is 9.88. The number of hydrogen-bond acceptors (Lipinski definition) is 6. The number of nitrogens with one attached hydrogen (secondary N) is 2. The largest absolute Gasteiger partial charge is 0.573 e. The summed E-state index contributed by atoms with van der Waals surface area (Å²) in [5.74, 6) is -0.453. The number of piperazine rings is 1. The van der Waals surface area contributed by atoms with Crippen LogP contribution in [-0.2, 0) is 30.6 Å². The van der Waals surface area contributed by atoms with Crippen LogP contribution in [-0.4, -0.2) is 77.0 Å². The molecule has 8 nitrogen and oxygen atoms in total. The van der Waals surface area contributed by atoms with Crippen molar-refractivity contribution in [1.29, 1.82) is 0 Å². The van der Waals surface area contributed by atoms with Gasteiger partial charge in [-0.2, -0.15) is 13.2 Å². The van der Waals surface area contributed by atoms with Crippen molar-refractivity contribution >= 4 is 16.8 Å². The van der Waals surface area contributed by atoms with E-state index in [1.54, 1.807) is 24.3 Å². The number of ether oxygens (including phenoxy) is 1. The van der Waals surface area contributed by atoms with Crippen LogP contribution in [0.2, 0.25) is 0 Å². The molecule has 7 rings (SSSR count). The molecular weight excluding hydrogens is 686 g/mol. The number of carbonyl (C=O) groups is 1. The van der Waals surface area contributed by atoms with Gasteiger partial charge in [-0.1, -0.05) is 36.4 Å². The summed E-state index contributed by atoms with van der Waals surface area (Å²) in [7, 11) is 0. The molecule has 3 aromatic carbocycles. The predicted molar refractivity (Wildman–Crippen MR) is 185 cm³/mol. The lowest BCUT2D eigenvalue weighted by Crippen LogP contribution is -2.59. The molecule has 3 aliphatic rings. The second kappa shape index (κ2) is 14.4. The number of aromatic nitrogens is 1. The van der Waals surface area contributed by atoms with Gasteiger partial charge in [0.1, 0.15) is 5.75 Å². The monoisotopic (exact) mass is 728 g/mol. The second-order valence-corrected chi connectivity index (χ2v) is 14.2.